The summed E-state index contributed by atoms with van der Waals surface area (Å²) in [6.45, 7) is 0.830. The van der Waals surface area contributed by atoms with E-state index in [0.717, 1.165) is 0 Å². The van der Waals surface area contributed by atoms with Crippen LogP contribution >= 0.6 is 23.2 Å². The molecule has 0 aliphatic heterocycles. The van der Waals surface area contributed by atoms with Crippen molar-refractivity contribution in [3.05, 3.63) is 58.5 Å². The molecule has 0 bridgehead atoms. The van der Waals surface area contributed by atoms with Crippen molar-refractivity contribution in [2.75, 3.05) is 18.4 Å². The molecule has 0 radical (unpaired) electrons. The monoisotopic (exact) mass is 377 g/mol. The zero-order valence-corrected chi connectivity index (χ0v) is 14.4. The summed E-state index contributed by atoms with van der Waals surface area (Å²) < 4.78 is 1.44. The van der Waals surface area contributed by atoms with Crippen LogP contribution in [0.5, 0.6) is 0 Å². The molecule has 0 fully saturated rings. The van der Waals surface area contributed by atoms with Gasteiger partial charge in [0, 0.05) is 19.3 Å². The van der Waals surface area contributed by atoms with Crippen LogP contribution in [0.3, 0.4) is 0 Å². The summed E-state index contributed by atoms with van der Waals surface area (Å²) in [5.74, 6) is 0.275. The molecule has 0 atom stereocenters. The van der Waals surface area contributed by atoms with Gasteiger partial charge < -0.3 is 10.6 Å². The van der Waals surface area contributed by atoms with E-state index in [-0.39, 0.29) is 5.91 Å². The van der Waals surface area contributed by atoms with Gasteiger partial charge in [-0.05, 0) is 28.6 Å². The van der Waals surface area contributed by atoms with Crippen molar-refractivity contribution < 1.29 is 4.79 Å². The Bertz CT molecular complexity index is 870. The van der Waals surface area contributed by atoms with Gasteiger partial charge in [-0.3, -0.25) is 4.79 Å². The van der Waals surface area contributed by atoms with Crippen LogP contribution in [-0.4, -0.2) is 44.2 Å². The molecule has 1 amide bonds. The third-order valence-corrected chi connectivity index (χ3v) is 3.75. The van der Waals surface area contributed by atoms with Gasteiger partial charge in [-0.2, -0.15) is 4.68 Å². The molecule has 0 saturated carbocycles. The van der Waals surface area contributed by atoms with Crippen LogP contribution in [0.4, 0.5) is 5.82 Å². The van der Waals surface area contributed by atoms with Crippen LogP contribution in [0.25, 0.3) is 5.69 Å². The molecule has 3 rings (SSSR count). The molecule has 10 heteroatoms. The summed E-state index contributed by atoms with van der Waals surface area (Å²) in [4.78, 5) is 16.5. The molecule has 0 aliphatic rings. The first-order valence-corrected chi connectivity index (χ1v) is 8.06. The number of anilines is 1. The van der Waals surface area contributed by atoms with E-state index in [1.165, 1.54) is 17.2 Å². The van der Waals surface area contributed by atoms with Crippen molar-refractivity contribution in [3.8, 4) is 5.69 Å². The maximum Gasteiger partial charge on any atom is 0.253 e. The van der Waals surface area contributed by atoms with Crippen molar-refractivity contribution in [2.24, 2.45) is 0 Å². The fraction of sp³-hybridized carbons (Fsp3) is 0.133. The van der Waals surface area contributed by atoms with E-state index >= 15 is 0 Å². The van der Waals surface area contributed by atoms with Crippen molar-refractivity contribution in [2.45, 2.75) is 0 Å². The van der Waals surface area contributed by atoms with E-state index in [1.54, 1.807) is 24.3 Å². The van der Waals surface area contributed by atoms with Crippen molar-refractivity contribution >= 4 is 34.9 Å². The van der Waals surface area contributed by atoms with Gasteiger partial charge >= 0.3 is 0 Å². The number of carbonyl (C=O) groups excluding carboxylic acids is 1. The van der Waals surface area contributed by atoms with Crippen molar-refractivity contribution in [3.63, 3.8) is 0 Å². The molecular formula is C15H13Cl2N7O. The molecule has 2 aromatic heterocycles. The van der Waals surface area contributed by atoms with E-state index in [9.17, 15) is 4.79 Å². The van der Waals surface area contributed by atoms with Gasteiger partial charge in [-0.1, -0.05) is 35.3 Å². The summed E-state index contributed by atoms with van der Waals surface area (Å²) in [7, 11) is 0. The molecule has 2 N–H and O–H groups in total. The summed E-state index contributed by atoms with van der Waals surface area (Å²) in [5.41, 5.74) is 1.07. The van der Waals surface area contributed by atoms with E-state index in [1.807, 2.05) is 6.07 Å². The molecule has 2 heterocycles. The topological polar surface area (TPSA) is 97.6 Å². The number of nitrogens with one attached hydrogen (secondary N) is 2. The maximum atomic E-state index is 12.4. The lowest BCUT2D eigenvalue weighted by molar-refractivity contribution is 0.0955. The minimum absolute atomic E-state index is 0.233. The largest absolute Gasteiger partial charge is 0.367 e. The molecule has 8 nitrogen and oxygen atoms in total. The van der Waals surface area contributed by atoms with Gasteiger partial charge in [0.25, 0.3) is 5.91 Å². The zero-order valence-electron chi connectivity index (χ0n) is 12.9. The molecular weight excluding hydrogens is 365 g/mol. The van der Waals surface area contributed by atoms with Gasteiger partial charge in [0.1, 0.15) is 12.1 Å². The number of nitrogens with zero attached hydrogens (tertiary/aromatic N) is 5. The lowest BCUT2D eigenvalue weighted by Crippen LogP contribution is -2.29. The maximum absolute atomic E-state index is 12.4. The molecule has 1 aromatic carbocycles. The summed E-state index contributed by atoms with van der Waals surface area (Å²) in [6, 6.07) is 8.65. The zero-order chi connectivity index (χ0) is 17.6. The Morgan fingerprint density at radius 3 is 2.80 bits per heavy atom. The molecule has 0 saturated heterocycles. The van der Waals surface area contributed by atoms with Crippen molar-refractivity contribution in [1.29, 1.82) is 0 Å². The number of tetrazole rings is 1. The molecule has 3 aromatic rings. The highest BCUT2D eigenvalue weighted by Gasteiger charge is 2.12. The fourth-order valence-electron chi connectivity index (χ4n) is 2.13. The average molecular weight is 378 g/mol. The minimum Gasteiger partial charge on any atom is -0.367 e. The number of benzene rings is 1. The normalized spacial score (nSPS) is 10.5. The second kappa shape index (κ2) is 7.91. The summed E-state index contributed by atoms with van der Waals surface area (Å²) in [6.07, 6.45) is 2.93. The number of pyridine rings is 1. The Balaban J connectivity index is 1.58. The lowest BCUT2D eigenvalue weighted by atomic mass is 10.1. The predicted molar refractivity (Wildman–Crippen MR) is 94.2 cm³/mol. The van der Waals surface area contributed by atoms with Gasteiger partial charge in [-0.15, -0.1) is 5.10 Å². The molecule has 128 valence electrons. The molecule has 0 spiro atoms. The van der Waals surface area contributed by atoms with Gasteiger partial charge in [-0.25, -0.2) is 4.98 Å². The van der Waals surface area contributed by atoms with E-state index in [4.69, 9.17) is 23.2 Å². The standard InChI is InChI=1S/C15H13Cl2N7O/c16-10-7-12(17)14(20-8-10)18-5-6-19-15(25)11-3-1-2-4-13(11)24-9-21-22-23-24/h1-4,7-9H,5-6H2,(H,18,20)(H,19,25). The van der Waals surface area contributed by atoms with Crippen LogP contribution < -0.4 is 10.6 Å². The number of amides is 1. The highest BCUT2D eigenvalue weighted by Crippen LogP contribution is 2.22. The second-order valence-corrected chi connectivity index (χ2v) is 5.78. The highest BCUT2D eigenvalue weighted by atomic mass is 35.5. The quantitative estimate of drug-likeness (QED) is 0.639. The third-order valence-electron chi connectivity index (χ3n) is 3.26. The number of para-hydroxylation sites is 1. The number of carbonyl (C=O) groups is 1. The number of halogens is 2. The van der Waals surface area contributed by atoms with E-state index < -0.39 is 0 Å². The Hall–Kier alpha value is -2.71. The fourth-order valence-corrected chi connectivity index (χ4v) is 2.58. The second-order valence-electron chi connectivity index (χ2n) is 4.94. The average Bonchev–Trinajstić information content (AvgIpc) is 3.14. The molecule has 25 heavy (non-hydrogen) atoms. The Morgan fingerprint density at radius 1 is 1.20 bits per heavy atom. The first kappa shape index (κ1) is 17.1. The van der Waals surface area contributed by atoms with Crippen LogP contribution in [0.15, 0.2) is 42.9 Å². The summed E-state index contributed by atoms with van der Waals surface area (Å²) in [5, 5.41) is 17.7. The highest BCUT2D eigenvalue weighted by molar-refractivity contribution is 6.35. The number of aromatic nitrogens is 5. The van der Waals surface area contributed by atoms with Crippen LogP contribution in [-0.2, 0) is 0 Å². The van der Waals surface area contributed by atoms with Crippen LogP contribution in [0, 0.1) is 0 Å². The van der Waals surface area contributed by atoms with Gasteiger partial charge in [0.15, 0.2) is 0 Å². The number of hydrogen-bond donors (Lipinski definition) is 2. The van der Waals surface area contributed by atoms with E-state index in [0.29, 0.717) is 40.2 Å². The Morgan fingerprint density at radius 2 is 2.04 bits per heavy atom. The lowest BCUT2D eigenvalue weighted by Gasteiger charge is -2.11. The number of rotatable bonds is 6. The van der Waals surface area contributed by atoms with Gasteiger partial charge in [0.2, 0.25) is 0 Å². The summed E-state index contributed by atoms with van der Waals surface area (Å²) >= 11 is 11.8. The smallest absolute Gasteiger partial charge is 0.253 e. The van der Waals surface area contributed by atoms with Gasteiger partial charge in [0.05, 0.1) is 21.3 Å². The number of hydrogen-bond acceptors (Lipinski definition) is 6. The van der Waals surface area contributed by atoms with Crippen molar-refractivity contribution in [1.82, 2.24) is 30.5 Å². The third kappa shape index (κ3) is 4.23. The van der Waals surface area contributed by atoms with Crippen LogP contribution in [0.1, 0.15) is 10.4 Å². The minimum atomic E-state index is -0.233. The first-order chi connectivity index (χ1) is 12.1. The van der Waals surface area contributed by atoms with Crippen LogP contribution in [0.2, 0.25) is 10.0 Å². The van der Waals surface area contributed by atoms with E-state index in [2.05, 4.69) is 31.1 Å². The molecule has 0 aliphatic carbocycles. The Labute approximate surface area is 153 Å². The predicted octanol–water partition coefficient (Wildman–Crippen LogP) is 2.21. The molecule has 0 unspecified atom stereocenters. The Kier molecular flexibility index (Phi) is 5.42. The first-order valence-electron chi connectivity index (χ1n) is 7.30. The SMILES string of the molecule is O=C(NCCNc1ncc(Cl)cc1Cl)c1ccccc1-n1cnnn1.